The molecule has 0 heterocycles. The lowest BCUT2D eigenvalue weighted by Gasteiger charge is -2.40. The molecule has 4 aromatic rings. The summed E-state index contributed by atoms with van der Waals surface area (Å²) in [7, 11) is 0. The maximum absolute atomic E-state index is 3.30. The highest BCUT2D eigenvalue weighted by molar-refractivity contribution is 5.64. The number of allylic oxidation sites excluding steroid dienone is 2. The normalized spacial score (nSPS) is 13.8. The number of nitrogens with one attached hydrogen (secondary N) is 1. The van der Waals surface area contributed by atoms with Gasteiger partial charge in [0.05, 0.1) is 0 Å². The summed E-state index contributed by atoms with van der Waals surface area (Å²) in [5, 5.41) is 3.30. The van der Waals surface area contributed by atoms with Crippen LogP contribution in [0.2, 0.25) is 0 Å². The van der Waals surface area contributed by atoms with Crippen molar-refractivity contribution in [1.82, 2.24) is 0 Å². The van der Waals surface area contributed by atoms with Gasteiger partial charge in [0.15, 0.2) is 0 Å². The predicted octanol–water partition coefficient (Wildman–Crippen LogP) is 10.4. The van der Waals surface area contributed by atoms with E-state index >= 15 is 0 Å². The Balaban J connectivity index is 0.000000226. The third-order valence-corrected chi connectivity index (χ3v) is 7.79. The van der Waals surface area contributed by atoms with E-state index in [0.29, 0.717) is 11.8 Å². The predicted molar refractivity (Wildman–Crippen MR) is 170 cm³/mol. The largest absolute Gasteiger partial charge is 0.356 e. The van der Waals surface area contributed by atoms with Gasteiger partial charge in [-0.05, 0) is 77.8 Å². The number of hydrogen-bond acceptors (Lipinski definition) is 2. The van der Waals surface area contributed by atoms with Gasteiger partial charge >= 0.3 is 0 Å². The number of anilines is 4. The second kappa shape index (κ2) is 13.7. The Labute approximate surface area is 235 Å². The summed E-state index contributed by atoms with van der Waals surface area (Å²) in [6.07, 6.45) is 8.43. The van der Waals surface area contributed by atoms with E-state index < -0.39 is 0 Å². The first-order valence-electron chi connectivity index (χ1n) is 14.1. The van der Waals surface area contributed by atoms with Crippen LogP contribution >= 0.6 is 0 Å². The Kier molecular flexibility index (Phi) is 9.80. The lowest BCUT2D eigenvalue weighted by molar-refractivity contribution is 0.180. The summed E-state index contributed by atoms with van der Waals surface area (Å²) >= 11 is 0. The second-order valence-corrected chi connectivity index (χ2v) is 10.9. The Hall–Kier alpha value is -4.04. The molecule has 0 bridgehead atoms. The lowest BCUT2D eigenvalue weighted by Crippen LogP contribution is -2.32. The molecular weight excluding hydrogens is 472 g/mol. The average Bonchev–Trinajstić information content (AvgIpc) is 2.98. The van der Waals surface area contributed by atoms with E-state index in [-0.39, 0.29) is 5.41 Å². The fourth-order valence-electron chi connectivity index (χ4n) is 5.29. The van der Waals surface area contributed by atoms with E-state index in [0.717, 1.165) is 24.3 Å². The molecule has 0 aliphatic heterocycles. The molecule has 2 heteroatoms. The van der Waals surface area contributed by atoms with Gasteiger partial charge in [0.2, 0.25) is 0 Å². The minimum atomic E-state index is 0.286. The average molecular weight is 515 g/mol. The summed E-state index contributed by atoms with van der Waals surface area (Å²) < 4.78 is 0. The SMILES string of the molecule is CC(C)C1(C(C)C)C=CC(CN(c2ccccc2)c2ccccc2)=CC1.c1ccc(Nc2ccccc2)cc1. The van der Waals surface area contributed by atoms with Crippen LogP contribution in [0.25, 0.3) is 0 Å². The molecule has 0 saturated heterocycles. The van der Waals surface area contributed by atoms with Gasteiger partial charge in [0.1, 0.15) is 0 Å². The number of rotatable bonds is 8. The Morgan fingerprint density at radius 1 is 0.615 bits per heavy atom. The third-order valence-electron chi connectivity index (χ3n) is 7.79. The van der Waals surface area contributed by atoms with Gasteiger partial charge in [0, 0.05) is 29.3 Å². The Bertz CT molecular complexity index is 1220. The quantitative estimate of drug-likeness (QED) is 0.251. The highest BCUT2D eigenvalue weighted by Gasteiger charge is 2.35. The minimum Gasteiger partial charge on any atom is -0.356 e. The van der Waals surface area contributed by atoms with Crippen LogP contribution in [-0.4, -0.2) is 6.54 Å². The van der Waals surface area contributed by atoms with Gasteiger partial charge in [-0.1, -0.05) is 119 Å². The summed E-state index contributed by atoms with van der Waals surface area (Å²) in [4.78, 5) is 2.40. The zero-order valence-corrected chi connectivity index (χ0v) is 23.8. The van der Waals surface area contributed by atoms with Crippen LogP contribution in [0, 0.1) is 17.3 Å². The minimum absolute atomic E-state index is 0.286. The van der Waals surface area contributed by atoms with Gasteiger partial charge in [-0.3, -0.25) is 0 Å². The lowest BCUT2D eigenvalue weighted by atomic mass is 9.65. The number of nitrogens with zero attached hydrogens (tertiary/aromatic N) is 1. The van der Waals surface area contributed by atoms with Crippen LogP contribution < -0.4 is 10.2 Å². The Morgan fingerprint density at radius 3 is 1.38 bits per heavy atom. The van der Waals surface area contributed by atoms with E-state index in [4.69, 9.17) is 0 Å². The first kappa shape index (κ1) is 28.0. The zero-order valence-electron chi connectivity index (χ0n) is 23.8. The van der Waals surface area contributed by atoms with Crippen LogP contribution in [0.4, 0.5) is 22.7 Å². The molecule has 39 heavy (non-hydrogen) atoms. The molecule has 0 aromatic heterocycles. The molecule has 0 atom stereocenters. The van der Waals surface area contributed by atoms with E-state index in [1.807, 2.05) is 60.7 Å². The fraction of sp³-hybridized carbons (Fsp3) is 0.243. The van der Waals surface area contributed by atoms with Crippen LogP contribution in [0.5, 0.6) is 0 Å². The van der Waals surface area contributed by atoms with Gasteiger partial charge in [-0.2, -0.15) is 0 Å². The molecule has 1 N–H and O–H groups in total. The molecule has 0 unspecified atom stereocenters. The van der Waals surface area contributed by atoms with E-state index in [2.05, 4.69) is 117 Å². The van der Waals surface area contributed by atoms with E-state index in [9.17, 15) is 0 Å². The van der Waals surface area contributed by atoms with Crippen molar-refractivity contribution in [2.75, 3.05) is 16.8 Å². The van der Waals surface area contributed by atoms with Gasteiger partial charge < -0.3 is 10.2 Å². The molecule has 1 aliphatic rings. The van der Waals surface area contributed by atoms with Gasteiger partial charge in [-0.25, -0.2) is 0 Å². The molecule has 0 spiro atoms. The molecule has 5 rings (SSSR count). The van der Waals surface area contributed by atoms with Crippen LogP contribution in [0.3, 0.4) is 0 Å². The van der Waals surface area contributed by atoms with Crippen LogP contribution in [0.1, 0.15) is 34.1 Å². The zero-order chi connectivity index (χ0) is 27.5. The summed E-state index contributed by atoms with van der Waals surface area (Å²) in [6.45, 7) is 10.3. The smallest absolute Gasteiger partial charge is 0.0478 e. The molecule has 200 valence electrons. The summed E-state index contributed by atoms with van der Waals surface area (Å²) in [6, 6.07) is 41.6. The fourth-order valence-corrected chi connectivity index (χ4v) is 5.29. The van der Waals surface area contributed by atoms with Crippen molar-refractivity contribution in [3.63, 3.8) is 0 Å². The monoisotopic (exact) mass is 514 g/mol. The first-order valence-corrected chi connectivity index (χ1v) is 14.1. The molecule has 1 aliphatic carbocycles. The van der Waals surface area contributed by atoms with Crippen molar-refractivity contribution in [3.8, 4) is 0 Å². The van der Waals surface area contributed by atoms with E-state index in [1.165, 1.54) is 16.9 Å². The van der Waals surface area contributed by atoms with Crippen molar-refractivity contribution < 1.29 is 0 Å². The molecular formula is C37H42N2. The molecule has 0 radical (unpaired) electrons. The second-order valence-electron chi connectivity index (χ2n) is 10.9. The maximum Gasteiger partial charge on any atom is 0.0478 e. The molecule has 0 fully saturated rings. The number of benzene rings is 4. The van der Waals surface area contributed by atoms with Gasteiger partial charge in [-0.15, -0.1) is 0 Å². The van der Waals surface area contributed by atoms with Crippen molar-refractivity contribution >= 4 is 22.7 Å². The first-order chi connectivity index (χ1) is 19.0. The topological polar surface area (TPSA) is 15.3 Å². The summed E-state index contributed by atoms with van der Waals surface area (Å²) in [5.74, 6) is 1.30. The van der Waals surface area contributed by atoms with Crippen molar-refractivity contribution in [3.05, 3.63) is 145 Å². The van der Waals surface area contributed by atoms with Gasteiger partial charge in [0.25, 0.3) is 0 Å². The number of para-hydroxylation sites is 4. The van der Waals surface area contributed by atoms with Crippen LogP contribution in [0.15, 0.2) is 145 Å². The van der Waals surface area contributed by atoms with Crippen LogP contribution in [-0.2, 0) is 0 Å². The molecule has 2 nitrogen and oxygen atoms in total. The highest BCUT2D eigenvalue weighted by Crippen LogP contribution is 2.44. The summed E-state index contributed by atoms with van der Waals surface area (Å²) in [5.41, 5.74) is 6.39. The molecule has 0 saturated carbocycles. The van der Waals surface area contributed by atoms with Crippen molar-refractivity contribution in [2.45, 2.75) is 34.1 Å². The van der Waals surface area contributed by atoms with Crippen molar-refractivity contribution in [2.24, 2.45) is 17.3 Å². The molecule has 4 aromatic carbocycles. The van der Waals surface area contributed by atoms with Crippen molar-refractivity contribution in [1.29, 1.82) is 0 Å². The highest BCUT2D eigenvalue weighted by atomic mass is 15.1. The Morgan fingerprint density at radius 2 is 1.03 bits per heavy atom. The third kappa shape index (κ3) is 7.51. The standard InChI is InChI=1S/C25H31N.C12H11N/c1-20(2)25(21(3)4)17-15-22(16-18-25)19-26(23-11-7-5-8-12-23)24-13-9-6-10-14-24;1-3-7-11(8-4-1)13-12-9-5-2-6-10-12/h5-17,20-21H,18-19H2,1-4H3;1-10,13H. The molecule has 0 amide bonds. The van der Waals surface area contributed by atoms with E-state index in [1.54, 1.807) is 0 Å². The number of hydrogen-bond donors (Lipinski definition) is 1. The maximum atomic E-state index is 3.30.